The minimum Gasteiger partial charge on any atom is -0.339 e. The van der Waals surface area contributed by atoms with Gasteiger partial charge in [-0.25, -0.2) is 20.8 Å². The number of nitrogens with one attached hydrogen (secondary N) is 4. The van der Waals surface area contributed by atoms with Gasteiger partial charge in [0.1, 0.15) is 23.5 Å². The molecule has 12 nitrogen and oxygen atoms in total. The Bertz CT molecular complexity index is 1150. The summed E-state index contributed by atoms with van der Waals surface area (Å²) in [4.78, 5) is 60.1. The summed E-state index contributed by atoms with van der Waals surface area (Å²) in [7, 11) is 0. The number of nitrogens with zero attached hydrogens (tertiary/aromatic N) is 4. The van der Waals surface area contributed by atoms with E-state index in [9.17, 15) is 19.2 Å². The Balaban J connectivity index is 1.97. The Morgan fingerprint density at radius 1 is 0.658 bits per heavy atom. The Labute approximate surface area is 220 Å². The number of amides is 4. The van der Waals surface area contributed by atoms with Crippen LogP contribution in [0.3, 0.4) is 0 Å². The summed E-state index contributed by atoms with van der Waals surface area (Å²) in [5.41, 5.74) is 5.64. The summed E-state index contributed by atoms with van der Waals surface area (Å²) in [6.45, 7) is 7.68. The summed E-state index contributed by atoms with van der Waals surface area (Å²) in [6, 6.07) is 7.67. The zero-order valence-electron chi connectivity index (χ0n) is 21.8. The Morgan fingerprint density at radius 2 is 1.08 bits per heavy atom. The number of hydrogen-bond donors (Lipinski definition) is 4. The SMILES string of the molecule is CC(C)C[C@@H]1NC(=O)c2cccc(n2)C(=O)N[C@@H](CC(C)C)C(=O)N/N=C/c2cccc(n2)/C=N/NC1=O. The number of hydrazone groups is 2. The molecule has 38 heavy (non-hydrogen) atoms. The highest BCUT2D eigenvalue weighted by molar-refractivity contribution is 5.99. The highest BCUT2D eigenvalue weighted by atomic mass is 16.2. The number of pyridine rings is 2. The monoisotopic (exact) mass is 520 g/mol. The molecule has 12 heteroatoms. The van der Waals surface area contributed by atoms with Crippen LogP contribution in [0.2, 0.25) is 0 Å². The minimum atomic E-state index is -0.893. The number of hydrogen-bond acceptors (Lipinski definition) is 8. The maximum atomic E-state index is 13.0. The molecule has 0 aliphatic carbocycles. The molecule has 0 fully saturated rings. The third-order valence-electron chi connectivity index (χ3n) is 5.41. The molecule has 2 aromatic heterocycles. The predicted molar refractivity (Wildman–Crippen MR) is 141 cm³/mol. The number of carbonyl (C=O) groups is 4. The van der Waals surface area contributed by atoms with Gasteiger partial charge in [-0.3, -0.25) is 19.2 Å². The van der Waals surface area contributed by atoms with Crippen molar-refractivity contribution < 1.29 is 19.2 Å². The molecule has 4 N–H and O–H groups in total. The van der Waals surface area contributed by atoms with Crippen molar-refractivity contribution in [1.82, 2.24) is 31.5 Å². The average molecular weight is 521 g/mol. The molecule has 2 atom stereocenters. The first kappa shape index (κ1) is 28.1. The summed E-state index contributed by atoms with van der Waals surface area (Å²) in [5, 5.41) is 13.3. The van der Waals surface area contributed by atoms with Crippen LogP contribution in [0.5, 0.6) is 0 Å². The molecule has 200 valence electrons. The van der Waals surface area contributed by atoms with Gasteiger partial charge in [0.25, 0.3) is 23.6 Å². The zero-order valence-corrected chi connectivity index (χ0v) is 21.8. The maximum absolute atomic E-state index is 13.0. The lowest BCUT2D eigenvalue weighted by Crippen LogP contribution is -2.47. The molecule has 2 aromatic rings. The van der Waals surface area contributed by atoms with Gasteiger partial charge in [-0.05, 0) is 48.9 Å². The van der Waals surface area contributed by atoms with Crippen molar-refractivity contribution in [2.24, 2.45) is 22.0 Å². The zero-order chi connectivity index (χ0) is 27.7. The van der Waals surface area contributed by atoms with E-state index in [1.807, 2.05) is 27.7 Å². The fourth-order valence-corrected chi connectivity index (χ4v) is 3.65. The minimum absolute atomic E-state index is 0.0485. The Hall–Kier alpha value is -4.48. The quantitative estimate of drug-likeness (QED) is 0.475. The maximum Gasteiger partial charge on any atom is 0.270 e. The first-order valence-electron chi connectivity index (χ1n) is 12.3. The van der Waals surface area contributed by atoms with Crippen LogP contribution >= 0.6 is 0 Å². The Kier molecular flexibility index (Phi) is 9.74. The molecule has 0 radical (unpaired) electrons. The fourth-order valence-electron chi connectivity index (χ4n) is 3.65. The van der Waals surface area contributed by atoms with Crippen LogP contribution < -0.4 is 21.5 Å². The normalized spacial score (nSPS) is 20.7. The summed E-state index contributed by atoms with van der Waals surface area (Å²) >= 11 is 0. The van der Waals surface area contributed by atoms with Gasteiger partial charge in [0, 0.05) is 0 Å². The molecule has 3 rings (SSSR count). The number of fused-ring (bicyclic) bond motifs is 4. The molecular weight excluding hydrogens is 488 g/mol. The van der Waals surface area contributed by atoms with E-state index >= 15 is 0 Å². The van der Waals surface area contributed by atoms with Gasteiger partial charge in [0.2, 0.25) is 0 Å². The average Bonchev–Trinajstić information content (AvgIpc) is 2.87. The van der Waals surface area contributed by atoms with Crippen molar-refractivity contribution >= 4 is 36.1 Å². The molecule has 4 amide bonds. The van der Waals surface area contributed by atoms with E-state index in [-0.39, 0.29) is 23.2 Å². The molecule has 0 spiro atoms. The first-order chi connectivity index (χ1) is 18.1. The standard InChI is InChI=1S/C26H32N8O4/c1-15(2)11-21-25(37)33-27-13-17-7-5-8-18(29-17)14-28-34-26(38)22(12-16(3)4)32-24(36)20-10-6-9-19(30-20)23(35)31-21/h5-10,13-16,21-22H,11-12H2,1-4H3,(H,31,35)(H,32,36)(H,33,37)(H,34,38)/b27-13+,28-14+/t21-,22-/m0/s1. The molecule has 0 saturated heterocycles. The number of rotatable bonds is 4. The molecule has 0 unspecified atom stereocenters. The lowest BCUT2D eigenvalue weighted by atomic mass is 10.0. The molecular formula is C26H32N8O4. The van der Waals surface area contributed by atoms with Gasteiger partial charge in [-0.15, -0.1) is 0 Å². The van der Waals surface area contributed by atoms with Gasteiger partial charge in [-0.1, -0.05) is 39.8 Å². The Morgan fingerprint density at radius 3 is 1.50 bits per heavy atom. The van der Waals surface area contributed by atoms with E-state index in [0.717, 1.165) is 0 Å². The molecule has 0 aromatic carbocycles. The van der Waals surface area contributed by atoms with Crippen molar-refractivity contribution in [1.29, 1.82) is 0 Å². The number of carbonyl (C=O) groups excluding carboxylic acids is 4. The van der Waals surface area contributed by atoms with Gasteiger partial charge in [0.15, 0.2) is 0 Å². The molecule has 4 bridgehead atoms. The van der Waals surface area contributed by atoms with E-state index in [4.69, 9.17) is 0 Å². The van der Waals surface area contributed by atoms with Crippen LogP contribution in [0.15, 0.2) is 46.6 Å². The second-order valence-electron chi connectivity index (χ2n) is 9.68. The molecule has 1 aliphatic heterocycles. The van der Waals surface area contributed by atoms with Crippen LogP contribution in [0.1, 0.15) is 72.9 Å². The van der Waals surface area contributed by atoms with Crippen molar-refractivity contribution in [2.45, 2.75) is 52.6 Å². The van der Waals surface area contributed by atoms with Gasteiger partial charge in [-0.2, -0.15) is 10.2 Å². The van der Waals surface area contributed by atoms with Crippen LogP contribution in [0, 0.1) is 11.8 Å². The summed E-state index contributed by atoms with van der Waals surface area (Å²) in [5.74, 6) is -2.09. The van der Waals surface area contributed by atoms with Crippen molar-refractivity contribution in [3.8, 4) is 0 Å². The van der Waals surface area contributed by atoms with Crippen LogP contribution in [0.4, 0.5) is 0 Å². The highest BCUT2D eigenvalue weighted by Crippen LogP contribution is 2.09. The highest BCUT2D eigenvalue weighted by Gasteiger charge is 2.25. The van der Waals surface area contributed by atoms with Gasteiger partial charge >= 0.3 is 0 Å². The smallest absolute Gasteiger partial charge is 0.270 e. The summed E-state index contributed by atoms with van der Waals surface area (Å²) in [6.07, 6.45) is 3.42. The third-order valence-corrected chi connectivity index (χ3v) is 5.41. The predicted octanol–water partition coefficient (Wildman–Crippen LogP) is 1.38. The third kappa shape index (κ3) is 8.29. The topological polar surface area (TPSA) is 167 Å². The van der Waals surface area contributed by atoms with Crippen LogP contribution in [-0.2, 0) is 9.59 Å². The van der Waals surface area contributed by atoms with Crippen molar-refractivity contribution in [2.75, 3.05) is 0 Å². The lowest BCUT2D eigenvalue weighted by Gasteiger charge is -2.20. The van der Waals surface area contributed by atoms with Gasteiger partial charge < -0.3 is 10.6 Å². The van der Waals surface area contributed by atoms with E-state index in [1.54, 1.807) is 18.2 Å². The summed E-state index contributed by atoms with van der Waals surface area (Å²) < 4.78 is 0. The van der Waals surface area contributed by atoms with E-state index < -0.39 is 35.7 Å². The van der Waals surface area contributed by atoms with Crippen molar-refractivity contribution in [3.05, 3.63) is 59.2 Å². The molecule has 1 aliphatic rings. The molecule has 3 heterocycles. The van der Waals surface area contributed by atoms with E-state index in [1.165, 1.54) is 30.6 Å². The van der Waals surface area contributed by atoms with Gasteiger partial charge in [0.05, 0.1) is 23.8 Å². The second-order valence-corrected chi connectivity index (χ2v) is 9.68. The van der Waals surface area contributed by atoms with Crippen LogP contribution in [-0.4, -0.2) is 58.1 Å². The lowest BCUT2D eigenvalue weighted by molar-refractivity contribution is -0.124. The largest absolute Gasteiger partial charge is 0.339 e. The van der Waals surface area contributed by atoms with Crippen LogP contribution in [0.25, 0.3) is 0 Å². The number of aromatic nitrogens is 2. The van der Waals surface area contributed by atoms with E-state index in [2.05, 4.69) is 41.7 Å². The fraction of sp³-hybridized carbons (Fsp3) is 0.385. The first-order valence-corrected chi connectivity index (χ1v) is 12.3. The van der Waals surface area contributed by atoms with Crippen molar-refractivity contribution in [3.63, 3.8) is 0 Å². The second kappa shape index (κ2) is 13.2. The van der Waals surface area contributed by atoms with E-state index in [0.29, 0.717) is 24.2 Å². The molecule has 0 saturated carbocycles.